The Morgan fingerprint density at radius 2 is 1.89 bits per heavy atom. The lowest BCUT2D eigenvalue weighted by atomic mass is 10.2. The maximum absolute atomic E-state index is 12.0. The Morgan fingerprint density at radius 1 is 1.28 bits per heavy atom. The van der Waals surface area contributed by atoms with Crippen molar-refractivity contribution < 1.29 is 14.3 Å². The maximum Gasteiger partial charge on any atom is 0.328 e. The summed E-state index contributed by atoms with van der Waals surface area (Å²) in [4.78, 5) is 24.8. The van der Waals surface area contributed by atoms with E-state index in [0.717, 1.165) is 4.90 Å². The predicted octanol–water partition coefficient (Wildman–Crippen LogP) is 2.06. The van der Waals surface area contributed by atoms with Crippen LogP contribution in [-0.4, -0.2) is 31.7 Å². The van der Waals surface area contributed by atoms with Crippen LogP contribution in [0.1, 0.15) is 0 Å². The Bertz CT molecular complexity index is 487. The van der Waals surface area contributed by atoms with Gasteiger partial charge in [-0.3, -0.25) is 4.79 Å². The van der Waals surface area contributed by atoms with Gasteiger partial charge in [-0.05, 0) is 18.2 Å². The summed E-state index contributed by atoms with van der Waals surface area (Å²) in [6.45, 7) is 0.152. The van der Waals surface area contributed by atoms with E-state index in [1.165, 1.54) is 25.3 Å². The second-order valence-electron chi connectivity index (χ2n) is 3.71. The molecule has 0 spiro atoms. The molecular formula is C11H10Cl2N2O3. The number of nitrogens with zero attached hydrogens (tertiary/aromatic N) is 1. The molecule has 1 unspecified atom stereocenters. The van der Waals surface area contributed by atoms with Crippen LogP contribution < -0.4 is 10.2 Å². The number of anilines is 1. The van der Waals surface area contributed by atoms with Crippen LogP contribution in [0.25, 0.3) is 0 Å². The van der Waals surface area contributed by atoms with Crippen molar-refractivity contribution >= 4 is 40.8 Å². The molecular weight excluding hydrogens is 279 g/mol. The van der Waals surface area contributed by atoms with E-state index in [-0.39, 0.29) is 6.54 Å². The van der Waals surface area contributed by atoms with E-state index < -0.39 is 18.0 Å². The molecule has 1 aromatic carbocycles. The van der Waals surface area contributed by atoms with Crippen molar-refractivity contribution in [3.63, 3.8) is 0 Å². The molecule has 1 aromatic rings. The van der Waals surface area contributed by atoms with Gasteiger partial charge in [0.1, 0.15) is 0 Å². The molecule has 0 aliphatic carbocycles. The second-order valence-corrected chi connectivity index (χ2v) is 4.58. The first-order valence-electron chi connectivity index (χ1n) is 5.13. The predicted molar refractivity (Wildman–Crippen MR) is 68.1 cm³/mol. The highest BCUT2D eigenvalue weighted by molar-refractivity contribution is 6.35. The van der Waals surface area contributed by atoms with Crippen LogP contribution in [0.4, 0.5) is 10.5 Å². The SMILES string of the molecule is COC1CNC(=O)N(c2cc(Cl)cc(Cl)c2)C1=O. The molecule has 0 radical (unpaired) electrons. The summed E-state index contributed by atoms with van der Waals surface area (Å²) >= 11 is 11.7. The fourth-order valence-electron chi connectivity index (χ4n) is 1.69. The number of methoxy groups -OCH3 is 1. The molecule has 1 heterocycles. The smallest absolute Gasteiger partial charge is 0.328 e. The number of nitrogens with one attached hydrogen (secondary N) is 1. The largest absolute Gasteiger partial charge is 0.370 e. The van der Waals surface area contributed by atoms with Gasteiger partial charge in [-0.15, -0.1) is 0 Å². The van der Waals surface area contributed by atoms with Gasteiger partial charge < -0.3 is 10.1 Å². The zero-order valence-electron chi connectivity index (χ0n) is 9.44. The molecule has 5 nitrogen and oxygen atoms in total. The molecule has 1 aliphatic heterocycles. The maximum atomic E-state index is 12.0. The van der Waals surface area contributed by atoms with E-state index in [1.54, 1.807) is 0 Å². The molecule has 7 heteroatoms. The molecule has 1 N–H and O–H groups in total. The summed E-state index contributed by atoms with van der Waals surface area (Å²) in [5.41, 5.74) is 0.316. The average Bonchev–Trinajstić information content (AvgIpc) is 2.28. The zero-order chi connectivity index (χ0) is 13.3. The Balaban J connectivity index is 2.40. The number of urea groups is 1. The van der Waals surface area contributed by atoms with Gasteiger partial charge in [0.25, 0.3) is 5.91 Å². The van der Waals surface area contributed by atoms with Gasteiger partial charge in [-0.25, -0.2) is 9.69 Å². The Labute approximate surface area is 114 Å². The van der Waals surface area contributed by atoms with Crippen molar-refractivity contribution in [1.82, 2.24) is 5.32 Å². The summed E-state index contributed by atoms with van der Waals surface area (Å²) in [7, 11) is 1.41. The first-order valence-corrected chi connectivity index (χ1v) is 5.89. The number of imide groups is 1. The minimum absolute atomic E-state index is 0.152. The van der Waals surface area contributed by atoms with Crippen LogP contribution >= 0.6 is 23.2 Å². The Kier molecular flexibility index (Phi) is 3.75. The Morgan fingerprint density at radius 3 is 2.44 bits per heavy atom. The van der Waals surface area contributed by atoms with E-state index in [1.807, 2.05) is 0 Å². The Hall–Kier alpha value is -1.30. The quantitative estimate of drug-likeness (QED) is 0.906. The molecule has 1 fully saturated rings. The van der Waals surface area contributed by atoms with Crippen LogP contribution in [0.3, 0.4) is 0 Å². The van der Waals surface area contributed by atoms with E-state index in [4.69, 9.17) is 27.9 Å². The molecule has 0 bridgehead atoms. The molecule has 0 aromatic heterocycles. The topological polar surface area (TPSA) is 58.6 Å². The number of hydrogen-bond donors (Lipinski definition) is 1. The second kappa shape index (κ2) is 5.14. The van der Waals surface area contributed by atoms with E-state index in [2.05, 4.69) is 5.32 Å². The number of carbonyl (C=O) groups excluding carboxylic acids is 2. The monoisotopic (exact) mass is 288 g/mol. The molecule has 18 heavy (non-hydrogen) atoms. The number of amides is 3. The zero-order valence-corrected chi connectivity index (χ0v) is 11.0. The lowest BCUT2D eigenvalue weighted by molar-refractivity contribution is -0.128. The summed E-state index contributed by atoms with van der Waals surface area (Å²) in [5.74, 6) is -0.445. The van der Waals surface area contributed by atoms with E-state index >= 15 is 0 Å². The van der Waals surface area contributed by atoms with Gasteiger partial charge in [0.15, 0.2) is 6.10 Å². The number of carbonyl (C=O) groups is 2. The van der Waals surface area contributed by atoms with Gasteiger partial charge in [-0.1, -0.05) is 23.2 Å². The van der Waals surface area contributed by atoms with Crippen molar-refractivity contribution in [2.24, 2.45) is 0 Å². The van der Waals surface area contributed by atoms with Crippen molar-refractivity contribution in [2.75, 3.05) is 18.6 Å². The van der Waals surface area contributed by atoms with Crippen LogP contribution in [0, 0.1) is 0 Å². The molecule has 3 amide bonds. The van der Waals surface area contributed by atoms with Gasteiger partial charge in [-0.2, -0.15) is 0 Å². The first-order chi connectivity index (χ1) is 8.52. The molecule has 1 saturated heterocycles. The van der Waals surface area contributed by atoms with E-state index in [0.29, 0.717) is 15.7 Å². The highest BCUT2D eigenvalue weighted by Crippen LogP contribution is 2.27. The number of hydrogen-bond acceptors (Lipinski definition) is 3. The average molecular weight is 289 g/mol. The standard InChI is InChI=1S/C11H10Cl2N2O3/c1-18-9-5-14-11(17)15(10(9)16)8-3-6(12)2-7(13)4-8/h2-4,9H,5H2,1H3,(H,14,17). The van der Waals surface area contributed by atoms with Crippen molar-refractivity contribution in [3.8, 4) is 0 Å². The van der Waals surface area contributed by atoms with E-state index in [9.17, 15) is 9.59 Å². The summed E-state index contributed by atoms with van der Waals surface area (Å²) < 4.78 is 4.99. The van der Waals surface area contributed by atoms with Gasteiger partial charge >= 0.3 is 6.03 Å². The molecule has 1 atom stereocenters. The normalized spacial score (nSPS) is 19.9. The molecule has 0 saturated carbocycles. The van der Waals surface area contributed by atoms with Gasteiger partial charge in [0.05, 0.1) is 12.2 Å². The third kappa shape index (κ3) is 2.43. The molecule has 1 aliphatic rings. The van der Waals surface area contributed by atoms with Crippen molar-refractivity contribution in [1.29, 1.82) is 0 Å². The van der Waals surface area contributed by atoms with Gasteiger partial charge in [0.2, 0.25) is 0 Å². The van der Waals surface area contributed by atoms with Crippen LogP contribution in [0.15, 0.2) is 18.2 Å². The highest BCUT2D eigenvalue weighted by atomic mass is 35.5. The number of rotatable bonds is 2. The lowest BCUT2D eigenvalue weighted by Crippen LogP contribution is -2.58. The minimum Gasteiger partial charge on any atom is -0.370 e. The first kappa shape index (κ1) is 13.1. The molecule has 2 rings (SSSR count). The van der Waals surface area contributed by atoms with Crippen LogP contribution in [0.5, 0.6) is 0 Å². The highest BCUT2D eigenvalue weighted by Gasteiger charge is 2.35. The van der Waals surface area contributed by atoms with Gasteiger partial charge in [0, 0.05) is 17.2 Å². The summed E-state index contributed by atoms with van der Waals surface area (Å²) in [6.07, 6.45) is -0.708. The third-order valence-electron chi connectivity index (χ3n) is 2.53. The summed E-state index contributed by atoms with van der Waals surface area (Å²) in [6, 6.07) is 3.98. The van der Waals surface area contributed by atoms with Crippen LogP contribution in [0.2, 0.25) is 10.0 Å². The molecule has 96 valence electrons. The minimum atomic E-state index is -0.708. The summed E-state index contributed by atoms with van der Waals surface area (Å²) in [5, 5.41) is 3.25. The fraction of sp³-hybridized carbons (Fsp3) is 0.273. The third-order valence-corrected chi connectivity index (χ3v) is 2.96. The number of ether oxygens (including phenoxy) is 1. The van der Waals surface area contributed by atoms with Crippen molar-refractivity contribution in [3.05, 3.63) is 28.2 Å². The lowest BCUT2D eigenvalue weighted by Gasteiger charge is -2.30. The van der Waals surface area contributed by atoms with Crippen LogP contribution in [-0.2, 0) is 9.53 Å². The van der Waals surface area contributed by atoms with Crippen molar-refractivity contribution in [2.45, 2.75) is 6.10 Å². The number of benzene rings is 1. The number of halogens is 2. The fourth-order valence-corrected chi connectivity index (χ4v) is 2.20.